The molecule has 0 bridgehead atoms. The van der Waals surface area contributed by atoms with Crippen molar-refractivity contribution < 1.29 is 28.3 Å². The van der Waals surface area contributed by atoms with Gasteiger partial charge in [0.05, 0.1) is 29.2 Å². The van der Waals surface area contributed by atoms with Gasteiger partial charge in [-0.25, -0.2) is 13.2 Å². The Balaban J connectivity index is 2.49. The molecular formula is C25H36N2O6S. The van der Waals surface area contributed by atoms with Crippen LogP contribution in [0, 0.1) is 0 Å². The second-order valence-electron chi connectivity index (χ2n) is 10.2. The fraction of sp³-hybridized carbons (Fsp3) is 0.480. The van der Waals surface area contributed by atoms with E-state index in [9.17, 15) is 23.4 Å². The van der Waals surface area contributed by atoms with Crippen LogP contribution in [0.15, 0.2) is 65.6 Å². The third kappa shape index (κ3) is 7.53. The van der Waals surface area contributed by atoms with E-state index in [0.29, 0.717) is 0 Å². The van der Waals surface area contributed by atoms with Gasteiger partial charge in [-0.3, -0.25) is 9.74 Å². The molecule has 0 saturated carbocycles. The topological polar surface area (TPSA) is 107 Å². The van der Waals surface area contributed by atoms with Gasteiger partial charge in [0, 0.05) is 5.54 Å². The molecule has 2 aromatic carbocycles. The fourth-order valence-corrected chi connectivity index (χ4v) is 5.06. The van der Waals surface area contributed by atoms with Crippen LogP contribution < -0.4 is 0 Å². The number of rotatable bonds is 9. The highest BCUT2D eigenvalue weighted by Gasteiger charge is 2.40. The molecule has 2 aromatic rings. The number of sulfonamides is 1. The van der Waals surface area contributed by atoms with Gasteiger partial charge in [0.25, 0.3) is 10.0 Å². The van der Waals surface area contributed by atoms with Crippen molar-refractivity contribution in [2.45, 2.75) is 76.1 Å². The maximum atomic E-state index is 13.4. The van der Waals surface area contributed by atoms with E-state index in [-0.39, 0.29) is 11.3 Å². The zero-order chi connectivity index (χ0) is 25.7. The van der Waals surface area contributed by atoms with Crippen LogP contribution in [0.5, 0.6) is 0 Å². The van der Waals surface area contributed by atoms with Gasteiger partial charge in [0.15, 0.2) is 0 Å². The van der Waals surface area contributed by atoms with Crippen LogP contribution in [0.2, 0.25) is 0 Å². The van der Waals surface area contributed by atoms with Crippen molar-refractivity contribution in [3.05, 3.63) is 66.2 Å². The molecule has 0 aliphatic heterocycles. The molecule has 2 rings (SSSR count). The molecule has 188 valence electrons. The molecule has 9 heteroatoms. The number of nitrogens with zero attached hydrogens (tertiary/aromatic N) is 2. The zero-order valence-corrected chi connectivity index (χ0v) is 21.5. The van der Waals surface area contributed by atoms with Crippen LogP contribution in [0.4, 0.5) is 4.79 Å². The molecule has 0 radical (unpaired) electrons. The maximum absolute atomic E-state index is 13.4. The van der Waals surface area contributed by atoms with E-state index in [0.717, 1.165) is 10.0 Å². The van der Waals surface area contributed by atoms with Crippen molar-refractivity contribution >= 4 is 16.1 Å². The van der Waals surface area contributed by atoms with E-state index in [2.05, 4.69) is 0 Å². The lowest BCUT2D eigenvalue weighted by atomic mass is 9.95. The third-order valence-corrected chi connectivity index (χ3v) is 6.64. The molecule has 2 atom stereocenters. The summed E-state index contributed by atoms with van der Waals surface area (Å²) in [5.41, 5.74) is -0.913. The summed E-state index contributed by atoms with van der Waals surface area (Å²) in [5.74, 6) is 0. The quantitative estimate of drug-likeness (QED) is 0.509. The van der Waals surface area contributed by atoms with Crippen LogP contribution in [-0.2, 0) is 21.3 Å². The van der Waals surface area contributed by atoms with Crippen LogP contribution >= 0.6 is 0 Å². The van der Waals surface area contributed by atoms with E-state index in [1.807, 2.05) is 30.3 Å². The van der Waals surface area contributed by atoms with Crippen molar-refractivity contribution in [1.29, 1.82) is 0 Å². The number of aliphatic hydroxyl groups is 1. The van der Waals surface area contributed by atoms with Crippen LogP contribution in [0.25, 0.3) is 0 Å². The van der Waals surface area contributed by atoms with Crippen LogP contribution in [-0.4, -0.2) is 63.9 Å². The van der Waals surface area contributed by atoms with Crippen LogP contribution in [0.3, 0.4) is 0 Å². The number of hydrogen-bond acceptors (Lipinski definition) is 5. The lowest BCUT2D eigenvalue weighted by molar-refractivity contribution is -0.184. The van der Waals surface area contributed by atoms with Gasteiger partial charge in [-0.05, 0) is 65.7 Å². The number of carboxylic acid groups (broad SMARTS) is 1. The maximum Gasteiger partial charge on any atom is 0.408 e. The van der Waals surface area contributed by atoms with E-state index < -0.39 is 45.9 Å². The molecule has 0 aliphatic rings. The molecule has 0 saturated heterocycles. The van der Waals surface area contributed by atoms with Gasteiger partial charge in [-0.15, -0.1) is 0 Å². The molecule has 2 N–H and O–H groups in total. The van der Waals surface area contributed by atoms with Crippen molar-refractivity contribution in [1.82, 2.24) is 9.37 Å². The normalized spacial score (nSPS) is 14.6. The summed E-state index contributed by atoms with van der Waals surface area (Å²) in [4.78, 5) is 19.2. The van der Waals surface area contributed by atoms with Gasteiger partial charge in [0.2, 0.25) is 0 Å². The first-order valence-electron chi connectivity index (χ1n) is 11.1. The minimum absolute atomic E-state index is 0.0111. The predicted octanol–water partition coefficient (Wildman–Crippen LogP) is 4.16. The summed E-state index contributed by atoms with van der Waals surface area (Å²) < 4.78 is 27.5. The number of benzene rings is 2. The second-order valence-corrected chi connectivity index (χ2v) is 12.0. The van der Waals surface area contributed by atoms with E-state index in [1.54, 1.807) is 59.7 Å². The summed E-state index contributed by atoms with van der Waals surface area (Å²) in [6, 6.07) is 16.0. The Morgan fingerprint density at radius 1 is 0.941 bits per heavy atom. The van der Waals surface area contributed by atoms with Crippen LogP contribution in [0.1, 0.15) is 47.1 Å². The summed E-state index contributed by atoms with van der Waals surface area (Å²) >= 11 is 0. The lowest BCUT2D eigenvalue weighted by Crippen LogP contribution is -2.58. The smallest absolute Gasteiger partial charge is 0.408 e. The molecule has 0 heterocycles. The molecular weight excluding hydrogens is 456 g/mol. The number of hydrogen-bond donors (Lipinski definition) is 2. The number of hydroxylamine groups is 1. The second kappa shape index (κ2) is 10.9. The molecule has 2 unspecified atom stereocenters. The van der Waals surface area contributed by atoms with Crippen molar-refractivity contribution in [2.24, 2.45) is 0 Å². The Morgan fingerprint density at radius 2 is 1.44 bits per heavy atom. The summed E-state index contributed by atoms with van der Waals surface area (Å²) in [6.07, 6.45) is -2.39. The van der Waals surface area contributed by atoms with E-state index >= 15 is 0 Å². The Bertz CT molecular complexity index is 1030. The average Bonchev–Trinajstić information content (AvgIpc) is 2.72. The highest BCUT2D eigenvalue weighted by molar-refractivity contribution is 7.89. The van der Waals surface area contributed by atoms with Gasteiger partial charge in [0.1, 0.15) is 0 Å². The standard InChI is InChI=1S/C25H36N2O6S/c1-24(2,3)27(23(29)30)21(17-19-13-9-7-10-14-19)22(28)18-26(33-25(4,5)6)34(31,32)20-15-11-8-12-16-20/h7-16,21-22,28H,17-18H2,1-6H3,(H,29,30). The van der Waals surface area contributed by atoms with Gasteiger partial charge < -0.3 is 10.2 Å². The molecule has 8 nitrogen and oxygen atoms in total. The number of carbonyl (C=O) groups is 1. The molecule has 0 fully saturated rings. The Kier molecular flexibility index (Phi) is 8.87. The van der Waals surface area contributed by atoms with Gasteiger partial charge >= 0.3 is 6.09 Å². The monoisotopic (exact) mass is 492 g/mol. The fourth-order valence-electron chi connectivity index (χ4n) is 3.66. The van der Waals surface area contributed by atoms with Crippen molar-refractivity contribution in [3.8, 4) is 0 Å². The minimum atomic E-state index is -4.13. The molecule has 0 spiro atoms. The van der Waals surface area contributed by atoms with Gasteiger partial charge in [-0.1, -0.05) is 53.0 Å². The average molecular weight is 493 g/mol. The summed E-state index contributed by atoms with van der Waals surface area (Å²) in [7, 11) is -4.13. The first-order chi connectivity index (χ1) is 15.6. The number of amides is 1. The third-order valence-electron chi connectivity index (χ3n) is 5.01. The highest BCUT2D eigenvalue weighted by atomic mass is 32.2. The SMILES string of the molecule is CC(C)(C)ON(CC(O)C(Cc1ccccc1)N(C(=O)O)C(C)(C)C)S(=O)(=O)c1ccccc1. The highest BCUT2D eigenvalue weighted by Crippen LogP contribution is 2.26. The van der Waals surface area contributed by atoms with Gasteiger partial charge in [-0.2, -0.15) is 0 Å². The largest absolute Gasteiger partial charge is 0.465 e. The lowest BCUT2D eigenvalue weighted by Gasteiger charge is -2.42. The first kappa shape index (κ1) is 27.8. The zero-order valence-electron chi connectivity index (χ0n) is 20.7. The van der Waals surface area contributed by atoms with E-state index in [4.69, 9.17) is 4.84 Å². The minimum Gasteiger partial charge on any atom is -0.465 e. The first-order valence-corrected chi connectivity index (χ1v) is 12.6. The molecule has 0 aliphatic carbocycles. The summed E-state index contributed by atoms with van der Waals surface area (Å²) in [6.45, 7) is 9.85. The van der Waals surface area contributed by atoms with Crippen molar-refractivity contribution in [3.63, 3.8) is 0 Å². The predicted molar refractivity (Wildman–Crippen MR) is 131 cm³/mol. The van der Waals surface area contributed by atoms with Crippen molar-refractivity contribution in [2.75, 3.05) is 6.54 Å². The summed E-state index contributed by atoms with van der Waals surface area (Å²) in [5, 5.41) is 21.4. The Hall–Kier alpha value is -2.46. The molecule has 0 aromatic heterocycles. The van der Waals surface area contributed by atoms with E-state index in [1.165, 1.54) is 17.0 Å². The number of aliphatic hydroxyl groups excluding tert-OH is 1. The molecule has 1 amide bonds. The Labute approximate surface area is 202 Å². The molecule has 34 heavy (non-hydrogen) atoms. The Morgan fingerprint density at radius 3 is 1.88 bits per heavy atom.